The minimum Gasteiger partial charge on any atom is -0.454 e. The van der Waals surface area contributed by atoms with Gasteiger partial charge in [0, 0.05) is 12.1 Å². The monoisotopic (exact) mass is 407 g/mol. The predicted octanol–water partition coefficient (Wildman–Crippen LogP) is 3.15. The molecule has 0 spiro atoms. The molecular weight excluding hydrogens is 382 g/mol. The minimum atomic E-state index is -0.759. The molecule has 1 N–H and O–H groups in total. The van der Waals surface area contributed by atoms with Crippen molar-refractivity contribution in [2.45, 2.75) is 38.6 Å². The predicted molar refractivity (Wildman–Crippen MR) is 112 cm³/mol. The van der Waals surface area contributed by atoms with Crippen LogP contribution >= 0.6 is 0 Å². The van der Waals surface area contributed by atoms with Gasteiger partial charge in [-0.25, -0.2) is 9.48 Å². The highest BCUT2D eigenvalue weighted by atomic mass is 16.5. The Kier molecular flexibility index (Phi) is 7.26. The summed E-state index contributed by atoms with van der Waals surface area (Å²) in [4.78, 5) is 24.9. The molecule has 0 radical (unpaired) electrons. The van der Waals surface area contributed by atoms with Gasteiger partial charge in [-0.3, -0.25) is 4.79 Å². The van der Waals surface area contributed by atoms with Gasteiger partial charge in [-0.2, -0.15) is 0 Å². The number of aromatic nitrogens is 4. The zero-order chi connectivity index (χ0) is 21.3. The quantitative estimate of drug-likeness (QED) is 0.547. The molecule has 2 atom stereocenters. The summed E-state index contributed by atoms with van der Waals surface area (Å²) in [5.41, 5.74) is 2.80. The van der Waals surface area contributed by atoms with E-state index in [4.69, 9.17) is 4.74 Å². The first-order chi connectivity index (χ1) is 14.6. The number of nitrogens with one attached hydrogen (secondary N) is 1. The number of esters is 1. The first kappa shape index (κ1) is 21.2. The molecular formula is C22H25N5O3. The number of tetrazole rings is 1. The van der Waals surface area contributed by atoms with Crippen molar-refractivity contribution in [2.24, 2.45) is 0 Å². The third kappa shape index (κ3) is 5.73. The summed E-state index contributed by atoms with van der Waals surface area (Å²) in [6.07, 6.45) is 2.75. The summed E-state index contributed by atoms with van der Waals surface area (Å²) in [5.74, 6) is -0.522. The molecule has 0 aliphatic carbocycles. The van der Waals surface area contributed by atoms with Crippen molar-refractivity contribution in [1.82, 2.24) is 20.2 Å². The maximum Gasteiger partial charge on any atom is 0.331 e. The molecule has 3 rings (SSSR count). The second kappa shape index (κ2) is 10.3. The van der Waals surface area contributed by atoms with Gasteiger partial charge >= 0.3 is 5.97 Å². The molecule has 0 aliphatic rings. The van der Waals surface area contributed by atoms with Gasteiger partial charge in [0.15, 0.2) is 12.6 Å². The van der Waals surface area contributed by atoms with E-state index in [-0.39, 0.29) is 6.61 Å². The SMILES string of the molecule is CC[C@@H](C)c1ccc(NC(=O)COC(=O)[C@@H](Cc2ccccc2)n2cnnn2)cc1. The molecule has 1 aromatic heterocycles. The van der Waals surface area contributed by atoms with E-state index < -0.39 is 17.9 Å². The molecule has 1 heterocycles. The lowest BCUT2D eigenvalue weighted by Gasteiger charge is -2.15. The molecule has 1 amide bonds. The number of amides is 1. The van der Waals surface area contributed by atoms with Crippen molar-refractivity contribution >= 4 is 17.6 Å². The highest BCUT2D eigenvalue weighted by Gasteiger charge is 2.24. The Morgan fingerprint density at radius 3 is 2.47 bits per heavy atom. The topological polar surface area (TPSA) is 99.0 Å². The van der Waals surface area contributed by atoms with Crippen LogP contribution < -0.4 is 5.32 Å². The number of rotatable bonds is 9. The summed E-state index contributed by atoms with van der Waals surface area (Å²) < 4.78 is 6.58. The maximum absolute atomic E-state index is 12.6. The van der Waals surface area contributed by atoms with E-state index in [9.17, 15) is 9.59 Å². The Balaban J connectivity index is 1.57. The largest absolute Gasteiger partial charge is 0.454 e. The van der Waals surface area contributed by atoms with Gasteiger partial charge in [0.2, 0.25) is 0 Å². The van der Waals surface area contributed by atoms with E-state index in [1.54, 1.807) is 0 Å². The number of benzene rings is 2. The summed E-state index contributed by atoms with van der Waals surface area (Å²) in [5, 5.41) is 13.7. The molecule has 8 heteroatoms. The standard InChI is InChI=1S/C22H25N5O3/c1-3-16(2)18-9-11-19(12-10-18)24-21(28)14-30-22(29)20(27-15-23-25-26-27)13-17-7-5-4-6-8-17/h4-12,15-16,20H,3,13-14H2,1-2H3,(H,24,28)/t16-,20-/m1/s1. The Morgan fingerprint density at radius 1 is 1.10 bits per heavy atom. The average Bonchev–Trinajstić information content (AvgIpc) is 3.31. The van der Waals surface area contributed by atoms with E-state index in [1.165, 1.54) is 16.6 Å². The van der Waals surface area contributed by atoms with Gasteiger partial charge in [0.1, 0.15) is 6.33 Å². The van der Waals surface area contributed by atoms with Crippen molar-refractivity contribution in [1.29, 1.82) is 0 Å². The van der Waals surface area contributed by atoms with Crippen LogP contribution in [0.15, 0.2) is 60.9 Å². The molecule has 2 aromatic carbocycles. The number of carbonyl (C=O) groups excluding carboxylic acids is 2. The summed E-state index contributed by atoms with van der Waals surface area (Å²) in [7, 11) is 0. The van der Waals surface area contributed by atoms with Crippen LogP contribution in [-0.4, -0.2) is 38.7 Å². The van der Waals surface area contributed by atoms with Crippen LogP contribution in [0.25, 0.3) is 0 Å². The van der Waals surface area contributed by atoms with Gasteiger partial charge in [-0.05, 0) is 46.0 Å². The Labute approximate surface area is 175 Å². The van der Waals surface area contributed by atoms with Crippen LogP contribution in [0.1, 0.15) is 43.4 Å². The lowest BCUT2D eigenvalue weighted by molar-refractivity contribution is -0.151. The zero-order valence-corrected chi connectivity index (χ0v) is 17.1. The molecule has 3 aromatic rings. The van der Waals surface area contributed by atoms with E-state index >= 15 is 0 Å². The van der Waals surface area contributed by atoms with Crippen molar-refractivity contribution in [2.75, 3.05) is 11.9 Å². The van der Waals surface area contributed by atoms with Crippen LogP contribution in [0.5, 0.6) is 0 Å². The second-order valence-corrected chi connectivity index (χ2v) is 7.08. The first-order valence-electron chi connectivity index (χ1n) is 9.89. The number of hydrogen-bond acceptors (Lipinski definition) is 6. The average molecular weight is 407 g/mol. The number of hydrogen-bond donors (Lipinski definition) is 1. The van der Waals surface area contributed by atoms with Crippen LogP contribution in [0.4, 0.5) is 5.69 Å². The lowest BCUT2D eigenvalue weighted by Crippen LogP contribution is -2.28. The Hall–Kier alpha value is -3.55. The highest BCUT2D eigenvalue weighted by molar-refractivity contribution is 5.93. The maximum atomic E-state index is 12.6. The molecule has 8 nitrogen and oxygen atoms in total. The van der Waals surface area contributed by atoms with Crippen molar-refractivity contribution in [3.8, 4) is 0 Å². The number of anilines is 1. The third-order valence-electron chi connectivity index (χ3n) is 4.95. The smallest absolute Gasteiger partial charge is 0.331 e. The van der Waals surface area contributed by atoms with Gasteiger partial charge in [-0.15, -0.1) is 5.10 Å². The normalized spacial score (nSPS) is 12.7. The van der Waals surface area contributed by atoms with Crippen LogP contribution in [0, 0.1) is 0 Å². The van der Waals surface area contributed by atoms with Gasteiger partial charge < -0.3 is 10.1 Å². The molecule has 0 bridgehead atoms. The zero-order valence-electron chi connectivity index (χ0n) is 17.1. The number of carbonyl (C=O) groups is 2. The summed E-state index contributed by atoms with van der Waals surface area (Å²) >= 11 is 0. The third-order valence-corrected chi connectivity index (χ3v) is 4.95. The van der Waals surface area contributed by atoms with Crippen molar-refractivity contribution in [3.63, 3.8) is 0 Å². The van der Waals surface area contributed by atoms with Gasteiger partial charge in [0.25, 0.3) is 5.91 Å². The van der Waals surface area contributed by atoms with Gasteiger partial charge in [-0.1, -0.05) is 56.3 Å². The Morgan fingerprint density at radius 2 is 1.83 bits per heavy atom. The van der Waals surface area contributed by atoms with Crippen LogP contribution in [0.2, 0.25) is 0 Å². The van der Waals surface area contributed by atoms with Crippen molar-refractivity contribution < 1.29 is 14.3 Å². The fourth-order valence-corrected chi connectivity index (χ4v) is 2.99. The molecule has 0 unspecified atom stereocenters. The number of nitrogens with zero attached hydrogens (tertiary/aromatic N) is 4. The van der Waals surface area contributed by atoms with Crippen molar-refractivity contribution in [3.05, 3.63) is 72.1 Å². The van der Waals surface area contributed by atoms with E-state index in [0.717, 1.165) is 12.0 Å². The molecule has 0 fully saturated rings. The molecule has 30 heavy (non-hydrogen) atoms. The highest BCUT2D eigenvalue weighted by Crippen LogP contribution is 2.20. The van der Waals surface area contributed by atoms with Gasteiger partial charge in [0.05, 0.1) is 0 Å². The molecule has 0 aliphatic heterocycles. The van der Waals surface area contributed by atoms with E-state index in [0.29, 0.717) is 18.0 Å². The van der Waals surface area contributed by atoms with E-state index in [2.05, 4.69) is 34.7 Å². The molecule has 156 valence electrons. The van der Waals surface area contributed by atoms with E-state index in [1.807, 2.05) is 54.6 Å². The summed E-state index contributed by atoms with van der Waals surface area (Å²) in [6.45, 7) is 3.90. The number of ether oxygens (including phenoxy) is 1. The first-order valence-corrected chi connectivity index (χ1v) is 9.89. The van der Waals surface area contributed by atoms with Crippen LogP contribution in [-0.2, 0) is 20.7 Å². The van der Waals surface area contributed by atoms with Crippen LogP contribution in [0.3, 0.4) is 0 Å². The Bertz CT molecular complexity index is 943. The fraction of sp³-hybridized carbons (Fsp3) is 0.318. The summed E-state index contributed by atoms with van der Waals surface area (Å²) in [6, 6.07) is 16.4. The molecule has 0 saturated carbocycles. The second-order valence-electron chi connectivity index (χ2n) is 7.08. The fourth-order valence-electron chi connectivity index (χ4n) is 2.99. The minimum absolute atomic E-state index is 0.351. The molecule has 0 saturated heterocycles. The lowest BCUT2D eigenvalue weighted by atomic mass is 9.99.